The zero-order valence-corrected chi connectivity index (χ0v) is 62.7. The summed E-state index contributed by atoms with van der Waals surface area (Å²) in [7, 11) is 27.6. The minimum Gasteiger partial charge on any atom is -0.496 e. The Labute approximate surface area is 594 Å². The third-order valence-corrected chi connectivity index (χ3v) is 17.4. The molecule has 6 aromatic rings. The number of amides is 2. The van der Waals surface area contributed by atoms with E-state index in [9.17, 15) is 48.6 Å². The van der Waals surface area contributed by atoms with Crippen LogP contribution >= 0.6 is 0 Å². The number of aryl methyl sites for hydroxylation is 3. The van der Waals surface area contributed by atoms with Crippen molar-refractivity contribution in [3.63, 3.8) is 0 Å². The number of aliphatic carboxylic acids is 2. The van der Waals surface area contributed by atoms with Gasteiger partial charge in [-0.05, 0) is 154 Å². The first-order chi connectivity index (χ1) is 47.8. The summed E-state index contributed by atoms with van der Waals surface area (Å²) in [4.78, 5) is 110. The smallest absolute Gasteiger partial charge is 0.411 e. The van der Waals surface area contributed by atoms with Crippen molar-refractivity contribution in [3.8, 4) is 67.9 Å². The first-order valence-corrected chi connectivity index (χ1v) is 32.9. The first kappa shape index (κ1) is 79.4. The van der Waals surface area contributed by atoms with Crippen LogP contribution in [0.4, 0.5) is 9.59 Å². The van der Waals surface area contributed by atoms with Gasteiger partial charge in [0, 0.05) is 119 Å². The van der Waals surface area contributed by atoms with E-state index in [0.717, 1.165) is 50.1 Å². The standard InChI is InChI=1S/C27H37N3O7.C26H35N3O7.C21H27N3O5/c1-27(2,3)37-26(33)30-15-19-17(12-21(30)25(32)36-9)24(31)29(6)14-18(19)16-10-22(34-7)20(13-28(4)5)23(11-16)35-8;1-26(2,3)36-25(33)29-14-18-16(11-20(29)24(31)32)23(30)28(6)13-17(18)15-9-21(34-7)19(12-27(4)5)22(10-15)35-8;1-23(2)10-16-18(28-4)6-12(7-19(16)29-5)15-11-24(3)20(25)13-8-17(21(26)27)22-9-14(13)15/h10-11,14,21H,12-13,15H2,1-9H3;9-10,13,20H,11-12,14H2,1-8H3,(H,31,32);6-7,11,17,22H,8-10H2,1-5H3,(H,26,27). The monoisotopic (exact) mass is 1420 g/mol. The molecule has 3 atom stereocenters. The average Bonchev–Trinajstić information content (AvgIpc) is 0.765. The molecule has 0 fully saturated rings. The molecule has 28 nitrogen and oxygen atoms in total. The maximum Gasteiger partial charge on any atom is 0.411 e. The van der Waals surface area contributed by atoms with E-state index in [2.05, 4.69) is 5.32 Å². The van der Waals surface area contributed by atoms with Gasteiger partial charge in [0.25, 0.3) is 16.7 Å². The highest BCUT2D eigenvalue weighted by molar-refractivity contribution is 5.85. The Morgan fingerprint density at radius 1 is 0.451 bits per heavy atom. The summed E-state index contributed by atoms with van der Waals surface area (Å²) in [6, 6.07) is 8.42. The van der Waals surface area contributed by atoms with Crippen LogP contribution in [0.5, 0.6) is 34.5 Å². The SMILES string of the molecule is COC(=O)C1Cc2c(c(-c3cc(OC)c(CN(C)C)c(OC)c3)cn(C)c2=O)CN1C(=O)OC(C)(C)C.COc1cc(-c2cn(C)c(=O)c3c2CN(C(=O)OC(C)(C)C)C(C(=O)O)C3)cc(OC)c1CN(C)C.COc1cc(-c2cn(C)c(=O)c3c2CNC(C(=O)O)C3)cc(OC)c1CN(C)C. The van der Waals surface area contributed by atoms with Crippen molar-refractivity contribution in [3.05, 3.63) is 136 Å². The molecule has 3 aromatic heterocycles. The molecule has 0 saturated heterocycles. The number of fused-ring (bicyclic) bond motifs is 3. The topological polar surface area (TPSA) is 303 Å². The number of hydrogen-bond donors (Lipinski definition) is 3. The Balaban J connectivity index is 0.000000216. The van der Waals surface area contributed by atoms with Gasteiger partial charge in [-0.2, -0.15) is 0 Å². The number of nitrogens with zero attached hydrogens (tertiary/aromatic N) is 8. The summed E-state index contributed by atoms with van der Waals surface area (Å²) < 4.78 is 54.5. The second-order valence-corrected chi connectivity index (χ2v) is 28.0. The van der Waals surface area contributed by atoms with Crippen LogP contribution in [0.25, 0.3) is 33.4 Å². The van der Waals surface area contributed by atoms with Gasteiger partial charge in [-0.3, -0.25) is 34.3 Å². The van der Waals surface area contributed by atoms with E-state index < -0.39 is 59.4 Å². The number of nitrogens with one attached hydrogen (secondary N) is 1. The predicted molar refractivity (Wildman–Crippen MR) is 383 cm³/mol. The number of esters is 1. The van der Waals surface area contributed by atoms with Crippen molar-refractivity contribution >= 4 is 30.1 Å². The fourth-order valence-electron chi connectivity index (χ4n) is 12.7. The highest BCUT2D eigenvalue weighted by Crippen LogP contribution is 2.43. The van der Waals surface area contributed by atoms with Gasteiger partial charge >= 0.3 is 30.1 Å². The summed E-state index contributed by atoms with van der Waals surface area (Å²) >= 11 is 0. The third-order valence-electron chi connectivity index (χ3n) is 17.4. The highest BCUT2D eigenvalue weighted by Gasteiger charge is 2.42. The molecule has 3 aliphatic heterocycles. The Morgan fingerprint density at radius 2 is 0.745 bits per heavy atom. The summed E-state index contributed by atoms with van der Waals surface area (Å²) in [6.07, 6.45) is 3.83. The Bertz CT molecular complexity index is 4250. The molecule has 0 bridgehead atoms. The fourth-order valence-corrected chi connectivity index (χ4v) is 12.7. The summed E-state index contributed by atoms with van der Waals surface area (Å²) in [5, 5.41) is 22.2. The molecule has 3 aromatic carbocycles. The maximum atomic E-state index is 13.2. The van der Waals surface area contributed by atoms with Crippen molar-refractivity contribution in [1.82, 2.24) is 43.5 Å². The molecule has 0 radical (unpaired) electrons. The number of ether oxygens (including phenoxy) is 9. The molecule has 9 rings (SSSR count). The Hall–Kier alpha value is -9.90. The normalized spacial score (nSPS) is 15.5. The number of methoxy groups -OCH3 is 7. The van der Waals surface area contributed by atoms with Gasteiger partial charge in [0.05, 0.1) is 79.5 Å². The molecular formula is C74H99N9O19. The maximum absolute atomic E-state index is 13.2. The van der Waals surface area contributed by atoms with Crippen LogP contribution in [0.15, 0.2) is 69.4 Å². The summed E-state index contributed by atoms with van der Waals surface area (Å²) in [5.41, 5.74) is 8.36. The van der Waals surface area contributed by atoms with E-state index in [1.165, 1.54) is 30.6 Å². The highest BCUT2D eigenvalue weighted by atomic mass is 16.6. The number of benzene rings is 3. The van der Waals surface area contributed by atoms with Gasteiger partial charge in [0.1, 0.15) is 63.8 Å². The van der Waals surface area contributed by atoms with Crippen LogP contribution < -0.4 is 50.4 Å². The van der Waals surface area contributed by atoms with E-state index in [1.54, 1.807) is 124 Å². The van der Waals surface area contributed by atoms with E-state index in [0.29, 0.717) is 94.1 Å². The van der Waals surface area contributed by atoms with Crippen LogP contribution in [-0.4, -0.2) is 200 Å². The van der Waals surface area contributed by atoms with Gasteiger partial charge in [0.2, 0.25) is 0 Å². The molecular weight excluding hydrogens is 1320 g/mol. The van der Waals surface area contributed by atoms with Crippen molar-refractivity contribution in [1.29, 1.82) is 0 Å². The number of carboxylic acids is 2. The Morgan fingerprint density at radius 3 is 1.02 bits per heavy atom. The number of carbonyl (C=O) groups is 5. The minimum atomic E-state index is -1.22. The lowest BCUT2D eigenvalue weighted by Gasteiger charge is -2.36. The van der Waals surface area contributed by atoms with Gasteiger partial charge in [-0.25, -0.2) is 19.2 Å². The number of pyridine rings is 3. The average molecular weight is 1420 g/mol. The molecule has 554 valence electrons. The van der Waals surface area contributed by atoms with E-state index in [4.69, 9.17) is 42.6 Å². The predicted octanol–water partition coefficient (Wildman–Crippen LogP) is 7.07. The minimum absolute atomic E-state index is 0.000489. The number of carboxylic acid groups (broad SMARTS) is 2. The van der Waals surface area contributed by atoms with Crippen molar-refractivity contribution < 1.29 is 76.8 Å². The third kappa shape index (κ3) is 18.0. The number of carbonyl (C=O) groups excluding carboxylic acids is 3. The lowest BCUT2D eigenvalue weighted by molar-refractivity contribution is -0.147. The van der Waals surface area contributed by atoms with Crippen LogP contribution in [0.2, 0.25) is 0 Å². The molecule has 3 aliphatic rings. The zero-order valence-electron chi connectivity index (χ0n) is 62.7. The van der Waals surface area contributed by atoms with Gasteiger partial charge in [0.15, 0.2) is 0 Å². The number of hydrogen-bond acceptors (Lipinski definition) is 21. The Kier molecular flexibility index (Phi) is 25.6. The van der Waals surface area contributed by atoms with Crippen LogP contribution in [0.3, 0.4) is 0 Å². The number of aromatic nitrogens is 3. The zero-order chi connectivity index (χ0) is 75.9. The summed E-state index contributed by atoms with van der Waals surface area (Å²) in [5.74, 6) is 1.13. The quantitative estimate of drug-likeness (QED) is 0.0572. The number of rotatable bonds is 18. The second kappa shape index (κ2) is 32.8. The largest absolute Gasteiger partial charge is 0.496 e. The molecule has 0 saturated carbocycles. The lowest BCUT2D eigenvalue weighted by Crippen LogP contribution is -2.52. The molecule has 6 heterocycles. The molecule has 3 unspecified atom stereocenters. The molecule has 102 heavy (non-hydrogen) atoms. The van der Waals surface area contributed by atoms with Crippen LogP contribution in [0, 0.1) is 0 Å². The fraction of sp³-hybridized carbons (Fsp3) is 0.486. The van der Waals surface area contributed by atoms with E-state index in [-0.39, 0.29) is 49.0 Å². The second-order valence-electron chi connectivity index (χ2n) is 28.0. The van der Waals surface area contributed by atoms with Crippen LogP contribution in [-0.2, 0) is 108 Å². The van der Waals surface area contributed by atoms with Crippen molar-refractivity contribution in [2.24, 2.45) is 21.1 Å². The van der Waals surface area contributed by atoms with Gasteiger partial charge < -0.3 is 81.2 Å². The van der Waals surface area contributed by atoms with Crippen LogP contribution in [0.1, 0.15) is 91.6 Å². The lowest BCUT2D eigenvalue weighted by atomic mass is 9.89. The molecule has 0 spiro atoms. The van der Waals surface area contributed by atoms with E-state index >= 15 is 0 Å². The molecule has 28 heteroatoms. The van der Waals surface area contributed by atoms with Gasteiger partial charge in [-0.1, -0.05) is 0 Å². The van der Waals surface area contributed by atoms with Crippen molar-refractivity contribution in [2.75, 3.05) is 92.1 Å². The van der Waals surface area contributed by atoms with E-state index in [1.807, 2.05) is 93.4 Å². The first-order valence-electron chi connectivity index (χ1n) is 32.9. The molecule has 0 aliphatic carbocycles. The summed E-state index contributed by atoms with van der Waals surface area (Å²) in [6.45, 7) is 12.5. The van der Waals surface area contributed by atoms with Gasteiger partial charge in [-0.15, -0.1) is 0 Å². The van der Waals surface area contributed by atoms with Crippen molar-refractivity contribution in [2.45, 2.75) is 129 Å². The molecule has 2 amide bonds. The molecule has 3 N–H and O–H groups in total.